The van der Waals surface area contributed by atoms with Gasteiger partial charge in [-0.25, -0.2) is 10.5 Å². The van der Waals surface area contributed by atoms with Crippen molar-refractivity contribution < 1.29 is 14.7 Å². The third-order valence-electron chi connectivity index (χ3n) is 2.81. The van der Waals surface area contributed by atoms with Crippen molar-refractivity contribution >= 4 is 40.4 Å². The zero-order valence-electron chi connectivity index (χ0n) is 12.2. The Morgan fingerprint density at radius 3 is 2.83 bits per heavy atom. The normalized spacial score (nSPS) is 10.5. The van der Waals surface area contributed by atoms with Crippen LogP contribution in [0.4, 0.5) is 5.82 Å². The Kier molecular flexibility index (Phi) is 6.82. The van der Waals surface area contributed by atoms with E-state index in [9.17, 15) is 4.79 Å². The first-order valence-electron chi connectivity index (χ1n) is 6.88. The third kappa shape index (κ3) is 5.87. The van der Waals surface area contributed by atoms with E-state index in [4.69, 9.17) is 9.94 Å². The minimum Gasteiger partial charge on any atom is -0.492 e. The predicted molar refractivity (Wildman–Crippen MR) is 96.3 cm³/mol. The molecule has 0 aliphatic heterocycles. The molecule has 1 aromatic carbocycles. The molecule has 2 rings (SSSR count). The van der Waals surface area contributed by atoms with Gasteiger partial charge in [-0.1, -0.05) is 18.2 Å². The van der Waals surface area contributed by atoms with E-state index in [0.29, 0.717) is 13.2 Å². The standard InChI is InChI=1S/C16H16IN3O3/c17-14-10-12(6-7-15(21)20-22)11-19-16(14)18-8-9-23-13-4-2-1-3-5-13/h1-7,10-11,22H,8-9H2,(H,18,19)(H,20,21)/b7-6+. The van der Waals surface area contributed by atoms with E-state index in [0.717, 1.165) is 20.7 Å². The molecule has 2 aromatic rings. The maximum atomic E-state index is 10.9. The van der Waals surface area contributed by atoms with Crippen LogP contribution in [0.2, 0.25) is 0 Å². The molecule has 7 heteroatoms. The number of nitrogens with one attached hydrogen (secondary N) is 2. The van der Waals surface area contributed by atoms with Crippen LogP contribution in [0.3, 0.4) is 0 Å². The lowest BCUT2D eigenvalue weighted by molar-refractivity contribution is -0.124. The molecule has 1 heterocycles. The molecule has 0 spiro atoms. The van der Waals surface area contributed by atoms with E-state index in [-0.39, 0.29) is 0 Å². The molecular formula is C16H16IN3O3. The lowest BCUT2D eigenvalue weighted by Gasteiger charge is -2.09. The van der Waals surface area contributed by atoms with Crippen LogP contribution in [-0.4, -0.2) is 29.3 Å². The molecule has 0 bridgehead atoms. The number of nitrogens with zero attached hydrogens (tertiary/aromatic N) is 1. The fourth-order valence-corrected chi connectivity index (χ4v) is 2.43. The first-order chi connectivity index (χ1) is 11.2. The van der Waals surface area contributed by atoms with Crippen LogP contribution in [0.1, 0.15) is 5.56 Å². The van der Waals surface area contributed by atoms with E-state index < -0.39 is 5.91 Å². The summed E-state index contributed by atoms with van der Waals surface area (Å²) in [6.07, 6.45) is 4.45. The number of ether oxygens (including phenoxy) is 1. The van der Waals surface area contributed by atoms with Gasteiger partial charge in [-0.15, -0.1) is 0 Å². The fraction of sp³-hybridized carbons (Fsp3) is 0.125. The molecule has 0 fully saturated rings. The van der Waals surface area contributed by atoms with Crippen molar-refractivity contribution in [1.82, 2.24) is 10.5 Å². The van der Waals surface area contributed by atoms with E-state index in [1.54, 1.807) is 12.3 Å². The molecule has 0 saturated carbocycles. The summed E-state index contributed by atoms with van der Waals surface area (Å²) in [5.74, 6) is 1.01. The maximum absolute atomic E-state index is 10.9. The smallest absolute Gasteiger partial charge is 0.267 e. The second-order valence-corrected chi connectivity index (χ2v) is 5.66. The Balaban J connectivity index is 1.84. The summed E-state index contributed by atoms with van der Waals surface area (Å²) in [7, 11) is 0. The van der Waals surface area contributed by atoms with Gasteiger partial charge in [0.2, 0.25) is 0 Å². The minimum atomic E-state index is -0.583. The van der Waals surface area contributed by atoms with Crippen molar-refractivity contribution in [2.45, 2.75) is 0 Å². The first-order valence-corrected chi connectivity index (χ1v) is 7.96. The van der Waals surface area contributed by atoms with Crippen LogP contribution in [0, 0.1) is 3.57 Å². The van der Waals surface area contributed by atoms with E-state index in [1.807, 2.05) is 36.4 Å². The van der Waals surface area contributed by atoms with Crippen LogP contribution in [0.5, 0.6) is 5.75 Å². The quantitative estimate of drug-likeness (QED) is 0.209. The minimum absolute atomic E-state index is 0.528. The molecular weight excluding hydrogens is 409 g/mol. The maximum Gasteiger partial charge on any atom is 0.267 e. The predicted octanol–water partition coefficient (Wildman–Crippen LogP) is 2.70. The van der Waals surface area contributed by atoms with Gasteiger partial charge in [0.1, 0.15) is 18.2 Å². The molecule has 0 atom stereocenters. The molecule has 0 saturated heterocycles. The number of carbonyl (C=O) groups is 1. The summed E-state index contributed by atoms with van der Waals surface area (Å²) >= 11 is 2.17. The molecule has 0 radical (unpaired) electrons. The van der Waals surface area contributed by atoms with Gasteiger partial charge in [-0.05, 0) is 52.4 Å². The second-order valence-electron chi connectivity index (χ2n) is 4.50. The lowest BCUT2D eigenvalue weighted by Crippen LogP contribution is -2.15. The highest BCUT2D eigenvalue weighted by Crippen LogP contribution is 2.17. The summed E-state index contributed by atoms with van der Waals surface area (Å²) in [5.41, 5.74) is 2.30. The average Bonchev–Trinajstić information content (AvgIpc) is 2.58. The Hall–Kier alpha value is -2.13. The number of carbonyl (C=O) groups excluding carboxylic acids is 1. The number of halogens is 1. The summed E-state index contributed by atoms with van der Waals surface area (Å²) in [5, 5.41) is 11.6. The van der Waals surface area contributed by atoms with Gasteiger partial charge in [0, 0.05) is 12.3 Å². The molecule has 1 aromatic heterocycles. The number of hydrogen-bond acceptors (Lipinski definition) is 5. The third-order valence-corrected chi connectivity index (χ3v) is 3.63. The van der Waals surface area contributed by atoms with Crippen molar-refractivity contribution in [1.29, 1.82) is 0 Å². The number of benzene rings is 1. The molecule has 3 N–H and O–H groups in total. The number of amides is 1. The number of pyridine rings is 1. The second kappa shape index (κ2) is 9.11. The molecule has 120 valence electrons. The highest BCUT2D eigenvalue weighted by atomic mass is 127. The van der Waals surface area contributed by atoms with Gasteiger partial charge >= 0.3 is 0 Å². The number of hydrogen-bond donors (Lipinski definition) is 3. The number of anilines is 1. The molecule has 0 aliphatic carbocycles. The zero-order valence-corrected chi connectivity index (χ0v) is 14.4. The van der Waals surface area contributed by atoms with E-state index >= 15 is 0 Å². The molecule has 1 amide bonds. The van der Waals surface area contributed by atoms with Crippen molar-refractivity contribution in [2.24, 2.45) is 0 Å². The van der Waals surface area contributed by atoms with Crippen molar-refractivity contribution in [3.8, 4) is 5.75 Å². The largest absolute Gasteiger partial charge is 0.492 e. The van der Waals surface area contributed by atoms with Crippen molar-refractivity contribution in [3.05, 3.63) is 57.8 Å². The Morgan fingerprint density at radius 1 is 1.35 bits per heavy atom. The van der Waals surface area contributed by atoms with Crippen LogP contribution >= 0.6 is 22.6 Å². The number of hydroxylamine groups is 1. The summed E-state index contributed by atoms with van der Waals surface area (Å²) in [6.45, 7) is 1.15. The molecule has 23 heavy (non-hydrogen) atoms. The van der Waals surface area contributed by atoms with Gasteiger partial charge < -0.3 is 10.1 Å². The van der Waals surface area contributed by atoms with Crippen LogP contribution < -0.4 is 15.5 Å². The van der Waals surface area contributed by atoms with E-state index in [2.05, 4.69) is 32.9 Å². The monoisotopic (exact) mass is 425 g/mol. The lowest BCUT2D eigenvalue weighted by atomic mass is 10.2. The molecule has 0 aliphatic rings. The summed E-state index contributed by atoms with van der Waals surface area (Å²) in [6, 6.07) is 11.5. The Morgan fingerprint density at radius 2 is 2.13 bits per heavy atom. The summed E-state index contributed by atoms with van der Waals surface area (Å²) < 4.78 is 6.52. The van der Waals surface area contributed by atoms with E-state index in [1.165, 1.54) is 11.6 Å². The molecule has 6 nitrogen and oxygen atoms in total. The first kappa shape index (κ1) is 17.2. The van der Waals surface area contributed by atoms with Gasteiger partial charge in [0.05, 0.1) is 10.1 Å². The number of para-hydroxylation sites is 1. The Labute approximate surface area is 147 Å². The van der Waals surface area contributed by atoms with Crippen LogP contribution in [-0.2, 0) is 4.79 Å². The Bertz CT molecular complexity index is 678. The molecule has 0 unspecified atom stereocenters. The van der Waals surface area contributed by atoms with Crippen molar-refractivity contribution in [3.63, 3.8) is 0 Å². The highest BCUT2D eigenvalue weighted by molar-refractivity contribution is 14.1. The van der Waals surface area contributed by atoms with Crippen LogP contribution in [0.25, 0.3) is 6.08 Å². The average molecular weight is 425 g/mol. The number of rotatable bonds is 7. The summed E-state index contributed by atoms with van der Waals surface area (Å²) in [4.78, 5) is 15.2. The number of aromatic nitrogens is 1. The van der Waals surface area contributed by atoms with Gasteiger partial charge in [0.25, 0.3) is 5.91 Å². The van der Waals surface area contributed by atoms with Crippen LogP contribution in [0.15, 0.2) is 48.7 Å². The van der Waals surface area contributed by atoms with Gasteiger partial charge in [0.15, 0.2) is 0 Å². The SMILES string of the molecule is O=C(/C=C/c1cnc(NCCOc2ccccc2)c(I)c1)NO. The fourth-order valence-electron chi connectivity index (χ4n) is 1.74. The zero-order chi connectivity index (χ0) is 16.5. The highest BCUT2D eigenvalue weighted by Gasteiger charge is 2.02. The van der Waals surface area contributed by atoms with Gasteiger partial charge in [-0.2, -0.15) is 0 Å². The topological polar surface area (TPSA) is 83.5 Å². The van der Waals surface area contributed by atoms with Gasteiger partial charge in [-0.3, -0.25) is 10.0 Å². The van der Waals surface area contributed by atoms with Crippen molar-refractivity contribution in [2.75, 3.05) is 18.5 Å².